The Labute approximate surface area is 158 Å². The van der Waals surface area contributed by atoms with E-state index < -0.39 is 21.8 Å². The third-order valence-electron chi connectivity index (χ3n) is 5.20. The number of sulfonamides is 1. The summed E-state index contributed by atoms with van der Waals surface area (Å²) in [5.41, 5.74) is 0.191. The molecule has 0 unspecified atom stereocenters. The van der Waals surface area contributed by atoms with E-state index in [1.165, 1.54) is 21.3 Å². The molecule has 2 amide bonds. The predicted molar refractivity (Wildman–Crippen MR) is 99.1 cm³/mol. The van der Waals surface area contributed by atoms with Crippen LogP contribution >= 0.6 is 0 Å². The molecule has 2 aliphatic heterocycles. The van der Waals surface area contributed by atoms with Gasteiger partial charge >= 0.3 is 0 Å². The van der Waals surface area contributed by atoms with Crippen molar-refractivity contribution in [2.45, 2.75) is 32.2 Å². The van der Waals surface area contributed by atoms with Crippen LogP contribution < -0.4 is 10.2 Å². The second kappa shape index (κ2) is 7.93. The van der Waals surface area contributed by atoms with Crippen molar-refractivity contribution >= 4 is 27.5 Å². The summed E-state index contributed by atoms with van der Waals surface area (Å²) >= 11 is 0. The molecule has 0 radical (unpaired) electrons. The van der Waals surface area contributed by atoms with E-state index in [-0.39, 0.29) is 42.3 Å². The molecule has 0 spiro atoms. The van der Waals surface area contributed by atoms with Crippen LogP contribution in [-0.4, -0.2) is 56.0 Å². The zero-order chi connectivity index (χ0) is 19.6. The van der Waals surface area contributed by atoms with E-state index >= 15 is 0 Å². The van der Waals surface area contributed by atoms with Crippen molar-refractivity contribution in [1.82, 2.24) is 9.62 Å². The molecule has 2 saturated heterocycles. The van der Waals surface area contributed by atoms with Gasteiger partial charge in [-0.15, -0.1) is 0 Å². The van der Waals surface area contributed by atoms with Crippen molar-refractivity contribution < 1.29 is 22.4 Å². The predicted octanol–water partition coefficient (Wildman–Crippen LogP) is 1.11. The Hall–Kier alpha value is -2.00. The number of amides is 2. The van der Waals surface area contributed by atoms with Crippen LogP contribution in [0.4, 0.5) is 10.1 Å². The molecule has 0 aromatic heterocycles. The smallest absolute Gasteiger partial charge is 0.227 e. The van der Waals surface area contributed by atoms with Gasteiger partial charge in [-0.1, -0.05) is 12.1 Å². The van der Waals surface area contributed by atoms with Crippen LogP contribution in [0.15, 0.2) is 24.3 Å². The fourth-order valence-electron chi connectivity index (χ4n) is 3.57. The first-order valence-corrected chi connectivity index (χ1v) is 10.8. The number of halogens is 1. The van der Waals surface area contributed by atoms with Crippen molar-refractivity contribution in [1.29, 1.82) is 0 Å². The number of piperidine rings is 1. The van der Waals surface area contributed by atoms with E-state index in [2.05, 4.69) is 5.32 Å². The van der Waals surface area contributed by atoms with E-state index in [0.717, 1.165) is 0 Å². The van der Waals surface area contributed by atoms with E-state index in [4.69, 9.17) is 0 Å². The van der Waals surface area contributed by atoms with Crippen molar-refractivity contribution in [3.05, 3.63) is 30.1 Å². The lowest BCUT2D eigenvalue weighted by Gasteiger charge is -2.31. The summed E-state index contributed by atoms with van der Waals surface area (Å²) in [6, 6.07) is 5.90. The molecule has 148 valence electrons. The first-order chi connectivity index (χ1) is 12.8. The van der Waals surface area contributed by atoms with Gasteiger partial charge in [-0.3, -0.25) is 9.59 Å². The lowest BCUT2D eigenvalue weighted by atomic mass is 10.0. The van der Waals surface area contributed by atoms with Crippen molar-refractivity contribution in [2.75, 3.05) is 30.3 Å². The molecule has 2 fully saturated rings. The number of carbonyl (C=O) groups excluding carboxylic acids is 2. The van der Waals surface area contributed by atoms with Crippen LogP contribution in [0.3, 0.4) is 0 Å². The highest BCUT2D eigenvalue weighted by Crippen LogP contribution is 2.27. The summed E-state index contributed by atoms with van der Waals surface area (Å²) in [5.74, 6) is -1.46. The number of hydrogen-bond acceptors (Lipinski definition) is 4. The fourth-order valence-corrected chi connectivity index (χ4v) is 4.70. The van der Waals surface area contributed by atoms with Gasteiger partial charge in [0.15, 0.2) is 0 Å². The normalized spacial score (nSPS) is 22.2. The average molecular weight is 397 g/mol. The van der Waals surface area contributed by atoms with E-state index in [1.807, 2.05) is 0 Å². The van der Waals surface area contributed by atoms with Gasteiger partial charge in [0.1, 0.15) is 5.82 Å². The van der Waals surface area contributed by atoms with Gasteiger partial charge in [-0.25, -0.2) is 17.1 Å². The molecular weight excluding hydrogens is 373 g/mol. The maximum atomic E-state index is 13.9. The molecule has 1 N–H and O–H groups in total. The highest BCUT2D eigenvalue weighted by Gasteiger charge is 2.37. The quantitative estimate of drug-likeness (QED) is 0.806. The van der Waals surface area contributed by atoms with Crippen LogP contribution in [0.2, 0.25) is 0 Å². The summed E-state index contributed by atoms with van der Waals surface area (Å²) in [5, 5.41) is 2.92. The molecular formula is C18H24FN3O4S. The minimum atomic E-state index is -3.20. The Balaban J connectivity index is 1.56. The number of rotatable bonds is 5. The van der Waals surface area contributed by atoms with Gasteiger partial charge in [-0.2, -0.15) is 0 Å². The van der Waals surface area contributed by atoms with Crippen LogP contribution in [0.25, 0.3) is 0 Å². The van der Waals surface area contributed by atoms with Crippen molar-refractivity contribution in [3.8, 4) is 0 Å². The molecule has 7 nitrogen and oxygen atoms in total. The molecule has 0 aliphatic carbocycles. The largest absolute Gasteiger partial charge is 0.353 e. The molecule has 1 aromatic carbocycles. The molecule has 9 heteroatoms. The zero-order valence-corrected chi connectivity index (χ0v) is 16.0. The lowest BCUT2D eigenvalue weighted by molar-refractivity contribution is -0.127. The number of nitrogens with one attached hydrogen (secondary N) is 1. The van der Waals surface area contributed by atoms with Crippen LogP contribution in [0.5, 0.6) is 0 Å². The lowest BCUT2D eigenvalue weighted by Crippen LogP contribution is -2.48. The zero-order valence-electron chi connectivity index (χ0n) is 15.2. The standard InChI is InChI=1S/C18H24FN3O4S/c1-2-27(25,26)21-9-7-14(8-10-21)20-18(24)13-11-17(23)22(12-13)16-6-4-3-5-15(16)19/h3-6,13-14H,2,7-12H2,1H3,(H,20,24)/t13-/m0/s1. The molecule has 0 saturated carbocycles. The maximum absolute atomic E-state index is 13.9. The first kappa shape index (κ1) is 19.8. The number of nitrogens with zero attached hydrogens (tertiary/aromatic N) is 2. The molecule has 1 aromatic rings. The highest BCUT2D eigenvalue weighted by atomic mass is 32.2. The summed E-state index contributed by atoms with van der Waals surface area (Å²) < 4.78 is 39.2. The van der Waals surface area contributed by atoms with Gasteiger partial charge in [0.2, 0.25) is 21.8 Å². The van der Waals surface area contributed by atoms with Crippen LogP contribution in [-0.2, 0) is 19.6 Å². The van der Waals surface area contributed by atoms with E-state index in [9.17, 15) is 22.4 Å². The monoisotopic (exact) mass is 397 g/mol. The van der Waals surface area contributed by atoms with Gasteiger partial charge in [0.05, 0.1) is 17.4 Å². The maximum Gasteiger partial charge on any atom is 0.227 e. The Morgan fingerprint density at radius 2 is 1.93 bits per heavy atom. The van der Waals surface area contributed by atoms with Gasteiger partial charge in [-0.05, 0) is 31.9 Å². The third-order valence-corrected chi connectivity index (χ3v) is 7.08. The SMILES string of the molecule is CCS(=O)(=O)N1CCC(NC(=O)[C@H]2CC(=O)N(c3ccccc3F)C2)CC1. The summed E-state index contributed by atoms with van der Waals surface area (Å²) in [6.07, 6.45) is 1.13. The minimum absolute atomic E-state index is 0.0449. The second-order valence-corrected chi connectivity index (χ2v) is 9.20. The number of para-hydroxylation sites is 1. The van der Waals surface area contributed by atoms with Crippen LogP contribution in [0, 0.1) is 11.7 Å². The Morgan fingerprint density at radius 1 is 1.26 bits per heavy atom. The average Bonchev–Trinajstić information content (AvgIpc) is 3.04. The Morgan fingerprint density at radius 3 is 2.56 bits per heavy atom. The number of benzene rings is 1. The highest BCUT2D eigenvalue weighted by molar-refractivity contribution is 7.89. The van der Waals surface area contributed by atoms with Gasteiger partial charge in [0, 0.05) is 32.1 Å². The topological polar surface area (TPSA) is 86.8 Å². The molecule has 0 bridgehead atoms. The molecule has 3 rings (SSSR count). The third kappa shape index (κ3) is 4.30. The number of anilines is 1. The van der Waals surface area contributed by atoms with Crippen LogP contribution in [0.1, 0.15) is 26.2 Å². The van der Waals surface area contributed by atoms with Crippen molar-refractivity contribution in [2.24, 2.45) is 5.92 Å². The second-order valence-electron chi connectivity index (χ2n) is 6.94. The Bertz CT molecular complexity index is 822. The summed E-state index contributed by atoms with van der Waals surface area (Å²) in [7, 11) is -3.20. The number of carbonyl (C=O) groups is 2. The summed E-state index contributed by atoms with van der Waals surface area (Å²) in [4.78, 5) is 26.1. The molecule has 1 atom stereocenters. The molecule has 2 aliphatic rings. The first-order valence-electron chi connectivity index (χ1n) is 9.15. The van der Waals surface area contributed by atoms with Gasteiger partial charge in [0.25, 0.3) is 0 Å². The van der Waals surface area contributed by atoms with Crippen molar-refractivity contribution in [3.63, 3.8) is 0 Å². The van der Waals surface area contributed by atoms with E-state index in [1.54, 1.807) is 19.1 Å². The Kier molecular flexibility index (Phi) is 5.81. The van der Waals surface area contributed by atoms with E-state index in [0.29, 0.717) is 25.9 Å². The van der Waals surface area contributed by atoms with Gasteiger partial charge < -0.3 is 10.2 Å². The molecule has 27 heavy (non-hydrogen) atoms. The fraction of sp³-hybridized carbons (Fsp3) is 0.556. The number of hydrogen-bond donors (Lipinski definition) is 1. The molecule has 2 heterocycles. The summed E-state index contributed by atoms with van der Waals surface area (Å²) in [6.45, 7) is 2.52. The minimum Gasteiger partial charge on any atom is -0.353 e.